The molecule has 1 aromatic rings. The standard InChI is InChI=1S/C9H11N3O2/c13-8-5-10-2-1-7(8)9(14)12-6-3-11-4-6/h1-2,5-6,11,13H,3-4H2,(H,12,14). The fourth-order valence-corrected chi connectivity index (χ4v) is 1.23. The number of carbonyl (C=O) groups is 1. The lowest BCUT2D eigenvalue weighted by Gasteiger charge is -2.27. The molecule has 1 aliphatic heterocycles. The van der Waals surface area contributed by atoms with Crippen LogP contribution in [0.3, 0.4) is 0 Å². The van der Waals surface area contributed by atoms with Gasteiger partial charge in [-0.2, -0.15) is 0 Å². The highest BCUT2D eigenvalue weighted by molar-refractivity contribution is 5.96. The van der Waals surface area contributed by atoms with E-state index in [0.29, 0.717) is 0 Å². The Balaban J connectivity index is 2.06. The number of nitrogens with zero attached hydrogens (tertiary/aromatic N) is 1. The predicted molar refractivity (Wildman–Crippen MR) is 50.0 cm³/mol. The highest BCUT2D eigenvalue weighted by atomic mass is 16.3. The number of amides is 1. The van der Waals surface area contributed by atoms with Crippen LogP contribution in [0.5, 0.6) is 5.75 Å². The number of hydrogen-bond acceptors (Lipinski definition) is 4. The second-order valence-electron chi connectivity index (χ2n) is 3.22. The van der Waals surface area contributed by atoms with Crippen molar-refractivity contribution in [3.8, 4) is 5.75 Å². The van der Waals surface area contributed by atoms with Gasteiger partial charge in [0, 0.05) is 19.3 Å². The molecule has 5 heteroatoms. The molecule has 0 atom stereocenters. The van der Waals surface area contributed by atoms with Gasteiger partial charge >= 0.3 is 0 Å². The fourth-order valence-electron chi connectivity index (χ4n) is 1.23. The van der Waals surface area contributed by atoms with E-state index in [2.05, 4.69) is 15.6 Å². The summed E-state index contributed by atoms with van der Waals surface area (Å²) in [7, 11) is 0. The zero-order valence-corrected chi connectivity index (χ0v) is 7.53. The van der Waals surface area contributed by atoms with Gasteiger partial charge in [0.05, 0.1) is 17.8 Å². The Morgan fingerprint density at radius 1 is 1.64 bits per heavy atom. The quantitative estimate of drug-likeness (QED) is 0.591. The van der Waals surface area contributed by atoms with Crippen LogP contribution in [0.25, 0.3) is 0 Å². The minimum Gasteiger partial charge on any atom is -0.505 e. The van der Waals surface area contributed by atoms with Gasteiger partial charge in [0.2, 0.25) is 0 Å². The summed E-state index contributed by atoms with van der Waals surface area (Å²) in [6.07, 6.45) is 2.74. The second kappa shape index (κ2) is 3.63. The molecule has 0 aliphatic carbocycles. The SMILES string of the molecule is O=C(NC1CNC1)c1ccncc1O. The molecule has 1 amide bonds. The van der Waals surface area contributed by atoms with Gasteiger partial charge in [-0.25, -0.2) is 0 Å². The Kier molecular flexibility index (Phi) is 2.32. The first-order chi connectivity index (χ1) is 6.77. The summed E-state index contributed by atoms with van der Waals surface area (Å²) in [5, 5.41) is 15.2. The van der Waals surface area contributed by atoms with Gasteiger partial charge in [-0.3, -0.25) is 9.78 Å². The Morgan fingerprint density at radius 2 is 2.43 bits per heavy atom. The van der Waals surface area contributed by atoms with Crippen molar-refractivity contribution in [2.75, 3.05) is 13.1 Å². The van der Waals surface area contributed by atoms with Crippen molar-refractivity contribution < 1.29 is 9.90 Å². The van der Waals surface area contributed by atoms with Crippen molar-refractivity contribution in [1.29, 1.82) is 0 Å². The highest BCUT2D eigenvalue weighted by Crippen LogP contribution is 2.13. The Morgan fingerprint density at radius 3 is 3.00 bits per heavy atom. The topological polar surface area (TPSA) is 74.2 Å². The van der Waals surface area contributed by atoms with Crippen LogP contribution in [0.2, 0.25) is 0 Å². The van der Waals surface area contributed by atoms with Gasteiger partial charge in [-0.15, -0.1) is 0 Å². The smallest absolute Gasteiger partial charge is 0.255 e. The number of aromatic hydroxyl groups is 1. The van der Waals surface area contributed by atoms with Crippen molar-refractivity contribution in [1.82, 2.24) is 15.6 Å². The molecular formula is C9H11N3O2. The van der Waals surface area contributed by atoms with Crippen molar-refractivity contribution in [3.05, 3.63) is 24.0 Å². The van der Waals surface area contributed by atoms with Crippen molar-refractivity contribution in [2.45, 2.75) is 6.04 Å². The van der Waals surface area contributed by atoms with E-state index in [9.17, 15) is 9.90 Å². The first-order valence-corrected chi connectivity index (χ1v) is 4.42. The van der Waals surface area contributed by atoms with E-state index in [1.807, 2.05) is 0 Å². The second-order valence-corrected chi connectivity index (χ2v) is 3.22. The number of pyridine rings is 1. The highest BCUT2D eigenvalue weighted by Gasteiger charge is 2.20. The van der Waals surface area contributed by atoms with E-state index in [4.69, 9.17) is 0 Å². The largest absolute Gasteiger partial charge is 0.505 e. The lowest BCUT2D eigenvalue weighted by molar-refractivity contribution is 0.0921. The van der Waals surface area contributed by atoms with E-state index in [-0.39, 0.29) is 23.3 Å². The minimum atomic E-state index is -0.253. The molecular weight excluding hydrogens is 182 g/mol. The summed E-state index contributed by atoms with van der Waals surface area (Å²) in [5.41, 5.74) is 0.270. The summed E-state index contributed by atoms with van der Waals surface area (Å²) < 4.78 is 0. The van der Waals surface area contributed by atoms with Gasteiger partial charge in [-0.1, -0.05) is 0 Å². The fraction of sp³-hybridized carbons (Fsp3) is 0.333. The molecule has 14 heavy (non-hydrogen) atoms. The first kappa shape index (κ1) is 8.96. The number of carbonyl (C=O) groups excluding carboxylic acids is 1. The van der Waals surface area contributed by atoms with Crippen LogP contribution in [-0.2, 0) is 0 Å². The van der Waals surface area contributed by atoms with Crippen LogP contribution in [-0.4, -0.2) is 35.1 Å². The number of hydrogen-bond donors (Lipinski definition) is 3. The van der Waals surface area contributed by atoms with E-state index in [0.717, 1.165) is 13.1 Å². The molecule has 2 rings (SSSR count). The molecule has 0 spiro atoms. The Labute approximate surface area is 81.2 Å². The molecule has 1 saturated heterocycles. The molecule has 1 fully saturated rings. The third kappa shape index (κ3) is 1.67. The summed E-state index contributed by atoms with van der Waals surface area (Å²) in [6.45, 7) is 1.58. The van der Waals surface area contributed by atoms with Crippen molar-refractivity contribution in [2.24, 2.45) is 0 Å². The third-order valence-electron chi connectivity index (χ3n) is 2.16. The third-order valence-corrected chi connectivity index (χ3v) is 2.16. The van der Waals surface area contributed by atoms with E-state index in [1.165, 1.54) is 18.5 Å². The zero-order chi connectivity index (χ0) is 9.97. The summed E-state index contributed by atoms with van der Waals surface area (Å²) in [4.78, 5) is 15.2. The van der Waals surface area contributed by atoms with Gasteiger partial charge in [0.25, 0.3) is 5.91 Å². The lowest BCUT2D eigenvalue weighted by Crippen LogP contribution is -2.56. The van der Waals surface area contributed by atoms with E-state index < -0.39 is 0 Å². The molecule has 0 bridgehead atoms. The van der Waals surface area contributed by atoms with Crippen LogP contribution < -0.4 is 10.6 Å². The van der Waals surface area contributed by atoms with Crippen LogP contribution in [0.1, 0.15) is 10.4 Å². The lowest BCUT2D eigenvalue weighted by atomic mass is 10.1. The molecule has 1 aliphatic rings. The van der Waals surface area contributed by atoms with Crippen molar-refractivity contribution in [3.63, 3.8) is 0 Å². The van der Waals surface area contributed by atoms with E-state index >= 15 is 0 Å². The summed E-state index contributed by atoms with van der Waals surface area (Å²) in [6, 6.07) is 1.67. The maximum atomic E-state index is 11.5. The van der Waals surface area contributed by atoms with Gasteiger partial charge in [0.1, 0.15) is 5.75 Å². The Hall–Kier alpha value is -1.62. The average molecular weight is 193 g/mol. The number of aromatic nitrogens is 1. The van der Waals surface area contributed by atoms with E-state index in [1.54, 1.807) is 0 Å². The predicted octanol–water partition coefficient (Wildman–Crippen LogP) is -0.511. The van der Waals surface area contributed by atoms with Gasteiger partial charge in [0.15, 0.2) is 0 Å². The molecule has 2 heterocycles. The summed E-state index contributed by atoms with van der Waals surface area (Å²) >= 11 is 0. The zero-order valence-electron chi connectivity index (χ0n) is 7.53. The maximum Gasteiger partial charge on any atom is 0.255 e. The van der Waals surface area contributed by atoms with Crippen LogP contribution in [0, 0.1) is 0 Å². The molecule has 3 N–H and O–H groups in total. The Bertz CT molecular complexity index is 350. The average Bonchev–Trinajstić information content (AvgIpc) is 2.12. The molecule has 0 radical (unpaired) electrons. The molecule has 1 aromatic heterocycles. The molecule has 0 aromatic carbocycles. The minimum absolute atomic E-state index is 0.0858. The van der Waals surface area contributed by atoms with Crippen LogP contribution in [0.4, 0.5) is 0 Å². The molecule has 0 saturated carbocycles. The maximum absolute atomic E-state index is 11.5. The van der Waals surface area contributed by atoms with Crippen molar-refractivity contribution >= 4 is 5.91 Å². The van der Waals surface area contributed by atoms with Crippen LogP contribution in [0.15, 0.2) is 18.5 Å². The van der Waals surface area contributed by atoms with Gasteiger partial charge in [-0.05, 0) is 6.07 Å². The number of rotatable bonds is 2. The summed E-state index contributed by atoms with van der Waals surface area (Å²) in [5.74, 6) is -0.339. The monoisotopic (exact) mass is 193 g/mol. The van der Waals surface area contributed by atoms with Crippen LogP contribution >= 0.6 is 0 Å². The van der Waals surface area contributed by atoms with Gasteiger partial charge < -0.3 is 15.7 Å². The molecule has 5 nitrogen and oxygen atoms in total. The molecule has 74 valence electrons. The normalized spacial score (nSPS) is 16.0. The first-order valence-electron chi connectivity index (χ1n) is 4.42. The molecule has 0 unspecified atom stereocenters. The number of nitrogens with one attached hydrogen (secondary N) is 2.